The highest BCUT2D eigenvalue weighted by atomic mass is 16.5. The summed E-state index contributed by atoms with van der Waals surface area (Å²) in [5, 5.41) is 0. The molecule has 0 aliphatic rings. The van der Waals surface area contributed by atoms with Gasteiger partial charge in [0.2, 0.25) is 0 Å². The zero-order valence-corrected chi connectivity index (χ0v) is 9.54. The van der Waals surface area contributed by atoms with E-state index in [9.17, 15) is 9.59 Å². The number of hydrogen-bond acceptors (Lipinski definition) is 4. The van der Waals surface area contributed by atoms with Crippen molar-refractivity contribution in [3.63, 3.8) is 0 Å². The normalized spacial score (nSPS) is 11.0. The first-order valence-electron chi connectivity index (χ1n) is 5.02. The van der Waals surface area contributed by atoms with Crippen LogP contribution in [-0.2, 0) is 19.1 Å². The Morgan fingerprint density at radius 3 is 2.27 bits per heavy atom. The van der Waals surface area contributed by atoms with Gasteiger partial charge in [0, 0.05) is 11.6 Å². The van der Waals surface area contributed by atoms with Crippen LogP contribution in [0.5, 0.6) is 0 Å². The summed E-state index contributed by atoms with van der Waals surface area (Å²) in [6.07, 6.45) is 4.70. The molecule has 0 spiro atoms. The molecule has 0 unspecified atom stereocenters. The molecule has 86 valence electrons. The van der Waals surface area contributed by atoms with Crippen LogP contribution in [0.15, 0.2) is 11.6 Å². The van der Waals surface area contributed by atoms with Gasteiger partial charge in [0.05, 0.1) is 14.2 Å². The largest absolute Gasteiger partial charge is 0.466 e. The predicted molar refractivity (Wildman–Crippen MR) is 56.3 cm³/mol. The van der Waals surface area contributed by atoms with E-state index >= 15 is 0 Å². The van der Waals surface area contributed by atoms with Gasteiger partial charge < -0.3 is 9.47 Å². The molecule has 0 saturated heterocycles. The molecule has 0 radical (unpaired) electrons. The van der Waals surface area contributed by atoms with Crippen LogP contribution in [0, 0.1) is 0 Å². The second kappa shape index (κ2) is 8.03. The molecule has 0 amide bonds. The molecule has 15 heavy (non-hydrogen) atoms. The van der Waals surface area contributed by atoms with Crippen LogP contribution in [0.3, 0.4) is 0 Å². The second-order valence-electron chi connectivity index (χ2n) is 3.14. The molecule has 0 aliphatic heterocycles. The van der Waals surface area contributed by atoms with Crippen molar-refractivity contribution in [1.29, 1.82) is 0 Å². The van der Waals surface area contributed by atoms with Crippen LogP contribution in [0.4, 0.5) is 0 Å². The SMILES string of the molecule is CCCCC/C(=C/C(=O)OC)C(=O)OC. The monoisotopic (exact) mass is 214 g/mol. The third-order valence-electron chi connectivity index (χ3n) is 1.99. The fourth-order valence-corrected chi connectivity index (χ4v) is 1.13. The zero-order chi connectivity index (χ0) is 11.7. The van der Waals surface area contributed by atoms with E-state index in [0.717, 1.165) is 19.3 Å². The van der Waals surface area contributed by atoms with E-state index in [1.54, 1.807) is 0 Å². The van der Waals surface area contributed by atoms with Crippen LogP contribution in [0.1, 0.15) is 32.6 Å². The van der Waals surface area contributed by atoms with E-state index < -0.39 is 11.9 Å². The Balaban J connectivity index is 4.37. The molecule has 0 aromatic heterocycles. The maximum atomic E-state index is 11.3. The molecule has 4 nitrogen and oxygen atoms in total. The van der Waals surface area contributed by atoms with Crippen molar-refractivity contribution in [2.45, 2.75) is 32.6 Å². The van der Waals surface area contributed by atoms with Gasteiger partial charge in [0.25, 0.3) is 0 Å². The summed E-state index contributed by atoms with van der Waals surface area (Å²) in [6.45, 7) is 2.07. The summed E-state index contributed by atoms with van der Waals surface area (Å²) in [6, 6.07) is 0. The van der Waals surface area contributed by atoms with Crippen LogP contribution in [0.2, 0.25) is 0 Å². The van der Waals surface area contributed by atoms with Crippen molar-refractivity contribution in [1.82, 2.24) is 0 Å². The van der Waals surface area contributed by atoms with Gasteiger partial charge in [-0.3, -0.25) is 0 Å². The Morgan fingerprint density at radius 1 is 1.13 bits per heavy atom. The predicted octanol–water partition coefficient (Wildman–Crippen LogP) is 1.84. The molecule has 4 heteroatoms. The lowest BCUT2D eigenvalue weighted by molar-refractivity contribution is -0.138. The molecular weight excluding hydrogens is 196 g/mol. The van der Waals surface area contributed by atoms with Gasteiger partial charge in [0.15, 0.2) is 0 Å². The van der Waals surface area contributed by atoms with Gasteiger partial charge in [-0.1, -0.05) is 19.8 Å². The number of hydrogen-bond donors (Lipinski definition) is 0. The number of methoxy groups -OCH3 is 2. The first kappa shape index (κ1) is 13.7. The van der Waals surface area contributed by atoms with E-state index in [2.05, 4.69) is 16.4 Å². The number of esters is 2. The molecule has 0 fully saturated rings. The Labute approximate surface area is 90.2 Å². The van der Waals surface area contributed by atoms with E-state index in [0.29, 0.717) is 12.0 Å². The Morgan fingerprint density at radius 2 is 1.80 bits per heavy atom. The summed E-state index contributed by atoms with van der Waals surface area (Å²) in [7, 11) is 2.58. The second-order valence-corrected chi connectivity index (χ2v) is 3.14. The first-order valence-corrected chi connectivity index (χ1v) is 5.02. The molecular formula is C11H18O4. The van der Waals surface area contributed by atoms with Gasteiger partial charge in [0.1, 0.15) is 0 Å². The van der Waals surface area contributed by atoms with Crippen molar-refractivity contribution in [2.24, 2.45) is 0 Å². The molecule has 0 heterocycles. The third kappa shape index (κ3) is 5.88. The average Bonchev–Trinajstić information content (AvgIpc) is 2.26. The summed E-state index contributed by atoms with van der Waals surface area (Å²) < 4.78 is 9.03. The fourth-order valence-electron chi connectivity index (χ4n) is 1.13. The van der Waals surface area contributed by atoms with Crippen LogP contribution < -0.4 is 0 Å². The highest BCUT2D eigenvalue weighted by Crippen LogP contribution is 2.10. The highest BCUT2D eigenvalue weighted by Gasteiger charge is 2.11. The number of carbonyl (C=O) groups is 2. The van der Waals surface area contributed by atoms with Crippen LogP contribution in [-0.4, -0.2) is 26.2 Å². The van der Waals surface area contributed by atoms with Crippen molar-refractivity contribution < 1.29 is 19.1 Å². The lowest BCUT2D eigenvalue weighted by Gasteiger charge is -2.04. The Kier molecular flexibility index (Phi) is 7.32. The maximum Gasteiger partial charge on any atom is 0.333 e. The quantitative estimate of drug-likeness (QED) is 0.384. The topological polar surface area (TPSA) is 52.6 Å². The van der Waals surface area contributed by atoms with E-state index in [4.69, 9.17) is 0 Å². The molecule has 0 aromatic rings. The number of ether oxygens (including phenoxy) is 2. The lowest BCUT2D eigenvalue weighted by atomic mass is 10.1. The van der Waals surface area contributed by atoms with Gasteiger partial charge >= 0.3 is 11.9 Å². The number of carbonyl (C=O) groups excluding carboxylic acids is 2. The van der Waals surface area contributed by atoms with E-state index in [1.165, 1.54) is 20.3 Å². The van der Waals surface area contributed by atoms with Gasteiger partial charge in [-0.2, -0.15) is 0 Å². The Bertz CT molecular complexity index is 243. The molecule has 0 bridgehead atoms. The summed E-state index contributed by atoms with van der Waals surface area (Å²) >= 11 is 0. The summed E-state index contributed by atoms with van der Waals surface area (Å²) in [5.41, 5.74) is 0.373. The van der Waals surface area contributed by atoms with E-state index in [1.807, 2.05) is 0 Å². The van der Waals surface area contributed by atoms with Gasteiger partial charge in [-0.15, -0.1) is 0 Å². The number of rotatable bonds is 6. The summed E-state index contributed by atoms with van der Waals surface area (Å²) in [5.74, 6) is -0.983. The van der Waals surface area contributed by atoms with Crippen LogP contribution in [0.25, 0.3) is 0 Å². The van der Waals surface area contributed by atoms with Crippen LogP contribution >= 0.6 is 0 Å². The van der Waals surface area contributed by atoms with Gasteiger partial charge in [-0.05, 0) is 12.8 Å². The van der Waals surface area contributed by atoms with Gasteiger partial charge in [-0.25, -0.2) is 9.59 Å². The van der Waals surface area contributed by atoms with Crippen molar-refractivity contribution in [3.05, 3.63) is 11.6 Å². The standard InChI is InChI=1S/C11H18O4/c1-4-5-6-7-9(11(13)15-3)8-10(12)14-2/h8H,4-7H2,1-3H3/b9-8-. The lowest BCUT2D eigenvalue weighted by Crippen LogP contribution is -2.08. The van der Waals surface area contributed by atoms with Crippen molar-refractivity contribution >= 4 is 11.9 Å². The molecule has 0 rings (SSSR count). The molecule has 0 atom stereocenters. The Hall–Kier alpha value is -1.32. The number of unbranched alkanes of at least 4 members (excludes halogenated alkanes) is 2. The average molecular weight is 214 g/mol. The molecule has 0 aromatic carbocycles. The van der Waals surface area contributed by atoms with Crippen molar-refractivity contribution in [2.75, 3.05) is 14.2 Å². The third-order valence-corrected chi connectivity index (χ3v) is 1.99. The first-order chi connectivity index (χ1) is 7.15. The minimum absolute atomic E-state index is 0.373. The molecule has 0 saturated carbocycles. The summed E-state index contributed by atoms with van der Waals surface area (Å²) in [4.78, 5) is 22.2. The smallest absolute Gasteiger partial charge is 0.333 e. The molecule has 0 aliphatic carbocycles. The maximum absolute atomic E-state index is 11.3. The fraction of sp³-hybridized carbons (Fsp3) is 0.636. The highest BCUT2D eigenvalue weighted by molar-refractivity contribution is 5.96. The molecule has 0 N–H and O–H groups in total. The van der Waals surface area contributed by atoms with E-state index in [-0.39, 0.29) is 0 Å². The van der Waals surface area contributed by atoms with Crippen molar-refractivity contribution in [3.8, 4) is 0 Å². The minimum Gasteiger partial charge on any atom is -0.466 e. The minimum atomic E-state index is -0.521. The zero-order valence-electron chi connectivity index (χ0n) is 9.54.